The highest BCUT2D eigenvalue weighted by Crippen LogP contribution is 2.09. The first-order valence-electron chi connectivity index (χ1n) is 9.13. The van der Waals surface area contributed by atoms with Gasteiger partial charge in [0.25, 0.3) is 0 Å². The molecule has 2 aromatic rings. The van der Waals surface area contributed by atoms with Crippen LogP contribution in [0.25, 0.3) is 6.08 Å². The van der Waals surface area contributed by atoms with Crippen LogP contribution in [-0.4, -0.2) is 19.0 Å². The second-order valence-electron chi connectivity index (χ2n) is 6.86. The van der Waals surface area contributed by atoms with Crippen LogP contribution < -0.4 is 10.2 Å². The third-order valence-corrected chi connectivity index (χ3v) is 4.86. The van der Waals surface area contributed by atoms with Crippen molar-refractivity contribution in [1.29, 1.82) is 0 Å². The van der Waals surface area contributed by atoms with Gasteiger partial charge in [0.05, 0.1) is 13.1 Å². The van der Waals surface area contributed by atoms with Gasteiger partial charge < -0.3 is 10.2 Å². The van der Waals surface area contributed by atoms with E-state index in [4.69, 9.17) is 0 Å². The Kier molecular flexibility index (Phi) is 6.02. The zero-order chi connectivity index (χ0) is 17.5. The Morgan fingerprint density at radius 3 is 2.44 bits per heavy atom. The van der Waals surface area contributed by atoms with Gasteiger partial charge in [-0.1, -0.05) is 48.5 Å². The van der Waals surface area contributed by atoms with Crippen molar-refractivity contribution in [3.63, 3.8) is 0 Å². The van der Waals surface area contributed by atoms with Gasteiger partial charge in [0.15, 0.2) is 0 Å². The summed E-state index contributed by atoms with van der Waals surface area (Å²) in [5.74, 6) is -0.0613. The summed E-state index contributed by atoms with van der Waals surface area (Å²) < 4.78 is 0. The fourth-order valence-electron chi connectivity index (χ4n) is 3.30. The van der Waals surface area contributed by atoms with Crippen molar-refractivity contribution in [3.05, 3.63) is 76.9 Å². The Morgan fingerprint density at radius 1 is 1.04 bits per heavy atom. The summed E-state index contributed by atoms with van der Waals surface area (Å²) in [7, 11) is 0. The molecule has 3 heteroatoms. The predicted molar refractivity (Wildman–Crippen MR) is 102 cm³/mol. The molecule has 0 spiro atoms. The number of amides is 1. The number of hydrogen-bond acceptors (Lipinski definition) is 1. The van der Waals surface area contributed by atoms with Gasteiger partial charge in [-0.2, -0.15) is 0 Å². The molecule has 3 nitrogen and oxygen atoms in total. The van der Waals surface area contributed by atoms with Crippen LogP contribution in [-0.2, 0) is 17.9 Å². The number of carbonyl (C=O) groups excluding carboxylic acids is 1. The Hall–Kier alpha value is -2.39. The lowest BCUT2D eigenvalue weighted by Gasteiger charge is -2.12. The van der Waals surface area contributed by atoms with E-state index in [1.165, 1.54) is 37.1 Å². The zero-order valence-corrected chi connectivity index (χ0v) is 14.9. The fraction of sp³-hybridized carbons (Fsp3) is 0.318. The summed E-state index contributed by atoms with van der Waals surface area (Å²) >= 11 is 0. The molecule has 25 heavy (non-hydrogen) atoms. The van der Waals surface area contributed by atoms with E-state index >= 15 is 0 Å². The topological polar surface area (TPSA) is 33.5 Å². The molecule has 130 valence electrons. The third-order valence-electron chi connectivity index (χ3n) is 4.86. The molecule has 0 bridgehead atoms. The van der Waals surface area contributed by atoms with Crippen LogP contribution in [0.4, 0.5) is 0 Å². The molecule has 2 N–H and O–H groups in total. The number of nitrogens with one attached hydrogen (secondary N) is 2. The van der Waals surface area contributed by atoms with Gasteiger partial charge in [-0.25, -0.2) is 0 Å². The smallest absolute Gasteiger partial charge is 0.244 e. The quantitative estimate of drug-likeness (QED) is 0.782. The minimum atomic E-state index is -0.0613. The van der Waals surface area contributed by atoms with Crippen LogP contribution in [0.1, 0.15) is 35.1 Å². The molecule has 1 amide bonds. The van der Waals surface area contributed by atoms with Crippen LogP contribution in [0.15, 0.2) is 54.6 Å². The van der Waals surface area contributed by atoms with Gasteiger partial charge in [-0.05, 0) is 29.7 Å². The first kappa shape index (κ1) is 17.4. The first-order valence-corrected chi connectivity index (χ1v) is 9.13. The Bertz CT molecular complexity index is 728. The molecule has 0 radical (unpaired) electrons. The number of hydrogen-bond donors (Lipinski definition) is 2. The third kappa shape index (κ3) is 5.30. The fourth-order valence-corrected chi connectivity index (χ4v) is 3.30. The lowest BCUT2D eigenvalue weighted by Crippen LogP contribution is -3.08. The molecular formula is C22H27N2O+. The summed E-state index contributed by atoms with van der Waals surface area (Å²) in [6.07, 6.45) is 6.19. The van der Waals surface area contributed by atoms with Crippen molar-refractivity contribution < 1.29 is 9.69 Å². The number of likely N-dealkylation sites (tertiary alicyclic amines) is 1. The number of aryl methyl sites for hydroxylation is 1. The van der Waals surface area contributed by atoms with Gasteiger partial charge in [0, 0.05) is 31.0 Å². The van der Waals surface area contributed by atoms with E-state index in [2.05, 4.69) is 29.6 Å². The van der Waals surface area contributed by atoms with E-state index in [1.807, 2.05) is 37.3 Å². The summed E-state index contributed by atoms with van der Waals surface area (Å²) in [4.78, 5) is 13.7. The molecule has 0 saturated carbocycles. The van der Waals surface area contributed by atoms with Crippen molar-refractivity contribution >= 4 is 12.0 Å². The second kappa shape index (κ2) is 8.63. The van der Waals surface area contributed by atoms with Crippen LogP contribution in [0.2, 0.25) is 0 Å². The molecule has 0 aromatic heterocycles. The Labute approximate surface area is 150 Å². The molecule has 1 fully saturated rings. The monoisotopic (exact) mass is 335 g/mol. The number of carbonyl (C=O) groups is 1. The highest BCUT2D eigenvalue weighted by molar-refractivity contribution is 5.91. The van der Waals surface area contributed by atoms with Gasteiger partial charge in [0.2, 0.25) is 5.91 Å². The van der Waals surface area contributed by atoms with Crippen molar-refractivity contribution in [2.45, 2.75) is 32.9 Å². The first-order chi connectivity index (χ1) is 12.2. The summed E-state index contributed by atoms with van der Waals surface area (Å²) in [6, 6.07) is 16.7. The van der Waals surface area contributed by atoms with Gasteiger partial charge in [-0.15, -0.1) is 0 Å². The summed E-state index contributed by atoms with van der Waals surface area (Å²) in [6.45, 7) is 6.32. The lowest BCUT2D eigenvalue weighted by atomic mass is 10.1. The molecule has 0 unspecified atom stereocenters. The van der Waals surface area contributed by atoms with E-state index in [9.17, 15) is 4.79 Å². The van der Waals surface area contributed by atoms with E-state index in [0.717, 1.165) is 17.7 Å². The maximum atomic E-state index is 12.0. The highest BCUT2D eigenvalue weighted by atomic mass is 16.1. The molecule has 0 atom stereocenters. The van der Waals surface area contributed by atoms with Crippen molar-refractivity contribution in [3.8, 4) is 0 Å². The standard InChI is InChI=1S/C22H26N2O/c1-18-6-2-3-7-21(18)12-13-22(25)23-16-19-8-10-20(11-9-19)17-24-14-4-5-15-24/h2-3,6-13H,4-5,14-17H2,1H3,(H,23,25)/p+1/b13-12+. The van der Waals surface area contributed by atoms with E-state index < -0.39 is 0 Å². The zero-order valence-electron chi connectivity index (χ0n) is 14.9. The Balaban J connectivity index is 1.47. The molecule has 3 rings (SSSR count). The molecule has 1 heterocycles. The number of benzene rings is 2. The molecule has 0 aliphatic carbocycles. The maximum Gasteiger partial charge on any atom is 0.244 e. The van der Waals surface area contributed by atoms with Crippen molar-refractivity contribution in [2.24, 2.45) is 0 Å². The van der Waals surface area contributed by atoms with Crippen LogP contribution in [0.5, 0.6) is 0 Å². The minimum Gasteiger partial charge on any atom is -0.348 e. The average molecular weight is 335 g/mol. The SMILES string of the molecule is Cc1ccccc1/C=C/C(=O)NCc1ccc(C[NH+]2CCCC2)cc1. The van der Waals surface area contributed by atoms with E-state index in [-0.39, 0.29) is 5.91 Å². The van der Waals surface area contributed by atoms with E-state index in [0.29, 0.717) is 6.54 Å². The molecule has 2 aromatic carbocycles. The molecular weight excluding hydrogens is 308 g/mol. The van der Waals surface area contributed by atoms with Crippen molar-refractivity contribution in [2.75, 3.05) is 13.1 Å². The van der Waals surface area contributed by atoms with E-state index in [1.54, 1.807) is 11.0 Å². The number of rotatable bonds is 6. The summed E-state index contributed by atoms with van der Waals surface area (Å²) in [5.41, 5.74) is 4.76. The van der Waals surface area contributed by atoms with Gasteiger partial charge in [-0.3, -0.25) is 4.79 Å². The second-order valence-corrected chi connectivity index (χ2v) is 6.86. The average Bonchev–Trinajstić information content (AvgIpc) is 3.13. The van der Waals surface area contributed by atoms with Gasteiger partial charge in [0.1, 0.15) is 6.54 Å². The van der Waals surface area contributed by atoms with Gasteiger partial charge >= 0.3 is 0 Å². The maximum absolute atomic E-state index is 12.0. The van der Waals surface area contributed by atoms with Crippen LogP contribution in [0.3, 0.4) is 0 Å². The predicted octanol–water partition coefficient (Wildman–Crippen LogP) is 2.50. The molecule has 1 saturated heterocycles. The van der Waals surface area contributed by atoms with Crippen LogP contribution in [0, 0.1) is 6.92 Å². The van der Waals surface area contributed by atoms with Crippen molar-refractivity contribution in [1.82, 2.24) is 5.32 Å². The highest BCUT2D eigenvalue weighted by Gasteiger charge is 2.15. The lowest BCUT2D eigenvalue weighted by molar-refractivity contribution is -0.901. The minimum absolute atomic E-state index is 0.0613. The normalized spacial score (nSPS) is 14.9. The Morgan fingerprint density at radius 2 is 1.72 bits per heavy atom. The summed E-state index contributed by atoms with van der Waals surface area (Å²) in [5, 5.41) is 2.95. The van der Waals surface area contributed by atoms with Crippen LogP contribution >= 0.6 is 0 Å². The number of quaternary nitrogens is 1. The largest absolute Gasteiger partial charge is 0.348 e. The molecule has 1 aliphatic rings. The molecule has 1 aliphatic heterocycles.